The smallest absolute Gasteiger partial charge is 0.434 e. The fourth-order valence-electron chi connectivity index (χ4n) is 7.21. The second-order valence-corrected chi connectivity index (χ2v) is 15.3. The molecule has 2 amide bonds. The summed E-state index contributed by atoms with van der Waals surface area (Å²) in [6.07, 6.45) is 1.16. The summed E-state index contributed by atoms with van der Waals surface area (Å²) in [4.78, 5) is 46.5. The average molecular weight is 692 g/mol. The molecule has 0 aliphatic carbocycles. The van der Waals surface area contributed by atoms with Gasteiger partial charge in [0.1, 0.15) is 4.90 Å². The van der Waals surface area contributed by atoms with Gasteiger partial charge in [-0.1, -0.05) is 17.7 Å². The van der Waals surface area contributed by atoms with Crippen LogP contribution in [-0.2, 0) is 24.3 Å². The van der Waals surface area contributed by atoms with Crippen molar-refractivity contribution in [2.24, 2.45) is 17.8 Å². The number of likely N-dealkylation sites (tertiary alicyclic amines) is 2. The minimum atomic E-state index is -3.81. The minimum absolute atomic E-state index is 0.0404. The van der Waals surface area contributed by atoms with Crippen LogP contribution in [0, 0.1) is 38.5 Å². The lowest BCUT2D eigenvalue weighted by Gasteiger charge is -2.34. The van der Waals surface area contributed by atoms with Crippen molar-refractivity contribution in [1.29, 1.82) is 0 Å². The second kappa shape index (κ2) is 14.6. The Morgan fingerprint density at radius 1 is 1.04 bits per heavy atom. The molecule has 3 aliphatic heterocycles. The highest BCUT2D eigenvalue weighted by Gasteiger charge is 2.45. The molecule has 2 aromatic rings. The Balaban J connectivity index is 1.18. The van der Waals surface area contributed by atoms with Crippen molar-refractivity contribution in [1.82, 2.24) is 19.1 Å². The number of nitrogens with one attached hydrogen (secondary N) is 1. The van der Waals surface area contributed by atoms with Crippen LogP contribution in [0.2, 0.25) is 5.02 Å². The Kier molecular flexibility index (Phi) is 10.9. The van der Waals surface area contributed by atoms with Crippen molar-refractivity contribution in [3.8, 4) is 5.88 Å². The molecule has 1 N–H and O–H groups in total. The summed E-state index contributed by atoms with van der Waals surface area (Å²) in [6.45, 7) is 13.5. The lowest BCUT2D eigenvalue weighted by Crippen LogP contribution is -2.44. The molecule has 3 fully saturated rings. The van der Waals surface area contributed by atoms with Gasteiger partial charge in [0.25, 0.3) is 0 Å². The van der Waals surface area contributed by atoms with E-state index >= 15 is 0 Å². The summed E-state index contributed by atoms with van der Waals surface area (Å²) in [5.74, 6) is 0.452. The van der Waals surface area contributed by atoms with Crippen LogP contribution in [0.15, 0.2) is 23.1 Å². The Morgan fingerprint density at radius 2 is 1.70 bits per heavy atom. The van der Waals surface area contributed by atoms with Gasteiger partial charge in [-0.05, 0) is 83.0 Å². The maximum absolute atomic E-state index is 13.8. The van der Waals surface area contributed by atoms with E-state index in [0.29, 0.717) is 61.8 Å². The van der Waals surface area contributed by atoms with Gasteiger partial charge in [0.05, 0.1) is 6.61 Å². The molecule has 0 radical (unpaired) electrons. The quantitative estimate of drug-likeness (QED) is 0.364. The van der Waals surface area contributed by atoms with Gasteiger partial charge in [-0.25, -0.2) is 13.2 Å². The Morgan fingerprint density at radius 3 is 2.30 bits per heavy atom. The van der Waals surface area contributed by atoms with E-state index in [1.807, 2.05) is 30.0 Å². The summed E-state index contributed by atoms with van der Waals surface area (Å²) >= 11 is 6.46. The summed E-state index contributed by atoms with van der Waals surface area (Å²) in [7, 11) is -3.81. The van der Waals surface area contributed by atoms with Crippen LogP contribution in [0.1, 0.15) is 49.9 Å². The van der Waals surface area contributed by atoms with E-state index in [2.05, 4.69) is 9.88 Å². The number of nitrogens with zero attached hydrogens (tertiary/aromatic N) is 4. The standard InChI is InChI=1S/C33H46ClN5O7S/c1-6-45-33(42)46-31-22(3)30(23(4)35-31)47(43,44)38-19-26-17-36(18-27(26)20-38)12-7-13-39(28-9-8-21(2)29(34)16-28)32(41)25-10-14-37(15-11-25)24(5)40/h8-9,16,25-27,35H,6-7,10-15,17-20H2,1-5H3. The molecule has 14 heteroatoms. The lowest BCUT2D eigenvalue weighted by molar-refractivity contribution is -0.133. The van der Waals surface area contributed by atoms with Crippen LogP contribution in [0.5, 0.6) is 5.88 Å². The average Bonchev–Trinajstić information content (AvgIpc) is 3.68. The molecule has 1 aromatic carbocycles. The summed E-state index contributed by atoms with van der Waals surface area (Å²) in [5.41, 5.74) is 2.50. The first kappa shape index (κ1) is 35.2. The number of anilines is 1. The molecule has 12 nitrogen and oxygen atoms in total. The molecule has 0 bridgehead atoms. The maximum Gasteiger partial charge on any atom is 0.515 e. The van der Waals surface area contributed by atoms with E-state index in [9.17, 15) is 22.8 Å². The maximum atomic E-state index is 13.8. The van der Waals surface area contributed by atoms with Gasteiger partial charge in [0.15, 0.2) is 0 Å². The topological polar surface area (TPSA) is 133 Å². The van der Waals surface area contributed by atoms with E-state index in [-0.39, 0.29) is 47.0 Å². The Hall–Kier alpha value is -3.13. The van der Waals surface area contributed by atoms with E-state index in [4.69, 9.17) is 21.1 Å². The first-order valence-electron chi connectivity index (χ1n) is 16.4. The van der Waals surface area contributed by atoms with E-state index in [1.54, 1.807) is 36.9 Å². The number of amides is 2. The Bertz CT molecular complexity index is 1590. The third-order valence-corrected chi connectivity index (χ3v) is 12.3. The van der Waals surface area contributed by atoms with Gasteiger partial charge < -0.3 is 29.2 Å². The molecular weight excluding hydrogens is 646 g/mol. The fourth-order valence-corrected chi connectivity index (χ4v) is 9.34. The van der Waals surface area contributed by atoms with Gasteiger partial charge in [-0.3, -0.25) is 9.59 Å². The van der Waals surface area contributed by atoms with E-state index in [1.165, 1.54) is 0 Å². The molecule has 258 valence electrons. The monoisotopic (exact) mass is 691 g/mol. The summed E-state index contributed by atoms with van der Waals surface area (Å²) in [5, 5.41) is 0.617. The van der Waals surface area contributed by atoms with Crippen LogP contribution in [0.25, 0.3) is 0 Å². The van der Waals surface area contributed by atoms with Crippen LogP contribution in [-0.4, -0.2) is 104 Å². The number of aromatic amines is 1. The van der Waals surface area contributed by atoms with E-state index in [0.717, 1.165) is 37.3 Å². The molecule has 1 aromatic heterocycles. The predicted octanol–water partition coefficient (Wildman–Crippen LogP) is 4.36. The molecular formula is C33H46ClN5O7S. The molecule has 5 rings (SSSR count). The number of carbonyl (C=O) groups excluding carboxylic acids is 3. The zero-order valence-electron chi connectivity index (χ0n) is 27.9. The number of fused-ring (bicyclic) bond motifs is 1. The number of ether oxygens (including phenoxy) is 2. The normalized spacial score (nSPS) is 20.8. The highest BCUT2D eigenvalue weighted by molar-refractivity contribution is 7.89. The first-order chi connectivity index (χ1) is 22.3. The highest BCUT2D eigenvalue weighted by Crippen LogP contribution is 2.38. The van der Waals surface area contributed by atoms with Crippen molar-refractivity contribution in [2.75, 3.05) is 63.9 Å². The Labute approximate surface area is 282 Å². The number of H-pyrrole nitrogens is 1. The predicted molar refractivity (Wildman–Crippen MR) is 178 cm³/mol. The summed E-state index contributed by atoms with van der Waals surface area (Å²) in [6, 6.07) is 5.73. The van der Waals surface area contributed by atoms with Crippen molar-refractivity contribution in [3.63, 3.8) is 0 Å². The molecule has 47 heavy (non-hydrogen) atoms. The minimum Gasteiger partial charge on any atom is -0.434 e. The fraction of sp³-hybridized carbons (Fsp3) is 0.606. The van der Waals surface area contributed by atoms with Gasteiger partial charge in [-0.15, -0.1) is 0 Å². The van der Waals surface area contributed by atoms with Gasteiger partial charge in [0, 0.05) is 80.6 Å². The van der Waals surface area contributed by atoms with Crippen molar-refractivity contribution in [3.05, 3.63) is 40.0 Å². The van der Waals surface area contributed by atoms with E-state index < -0.39 is 16.2 Å². The van der Waals surface area contributed by atoms with Crippen molar-refractivity contribution < 1.29 is 32.3 Å². The van der Waals surface area contributed by atoms with Gasteiger partial charge in [0.2, 0.25) is 27.7 Å². The molecule has 2 unspecified atom stereocenters. The number of halogens is 1. The van der Waals surface area contributed by atoms with Crippen molar-refractivity contribution in [2.45, 2.75) is 58.8 Å². The largest absolute Gasteiger partial charge is 0.515 e. The third kappa shape index (κ3) is 7.63. The highest BCUT2D eigenvalue weighted by atomic mass is 35.5. The number of benzene rings is 1. The number of carbonyl (C=O) groups is 3. The second-order valence-electron chi connectivity index (χ2n) is 13.0. The van der Waals surface area contributed by atoms with Gasteiger partial charge in [-0.2, -0.15) is 4.31 Å². The number of sulfonamides is 1. The number of hydrogen-bond acceptors (Lipinski definition) is 8. The van der Waals surface area contributed by atoms with Crippen LogP contribution < -0.4 is 9.64 Å². The van der Waals surface area contributed by atoms with Crippen molar-refractivity contribution >= 4 is 45.3 Å². The zero-order chi connectivity index (χ0) is 34.0. The third-order valence-electron chi connectivity index (χ3n) is 9.78. The molecule has 2 atom stereocenters. The van der Waals surface area contributed by atoms with Crippen LogP contribution in [0.4, 0.5) is 10.5 Å². The molecule has 0 saturated carbocycles. The first-order valence-corrected chi connectivity index (χ1v) is 18.2. The van der Waals surface area contributed by atoms with Crippen LogP contribution >= 0.6 is 11.6 Å². The number of piperidine rings is 1. The summed E-state index contributed by atoms with van der Waals surface area (Å²) < 4.78 is 39.1. The molecule has 3 aliphatic rings. The number of rotatable bonds is 10. The molecule has 0 spiro atoms. The number of aryl methyl sites for hydroxylation is 2. The van der Waals surface area contributed by atoms with Gasteiger partial charge >= 0.3 is 6.16 Å². The molecule has 3 saturated heterocycles. The molecule has 4 heterocycles. The zero-order valence-corrected chi connectivity index (χ0v) is 29.5. The number of hydrogen-bond donors (Lipinski definition) is 1. The lowest BCUT2D eigenvalue weighted by atomic mass is 9.94. The number of aromatic nitrogens is 1. The SMILES string of the molecule is CCOC(=O)Oc1[nH]c(C)c(S(=O)(=O)N2CC3CN(CCCN(C(=O)C4CCN(C(C)=O)CC4)c4ccc(C)c(Cl)c4)CC3C2)c1C. The van der Waals surface area contributed by atoms with Crippen LogP contribution in [0.3, 0.4) is 0 Å².